The molecular weight excluding hydrogens is 358 g/mol. The number of nitrogens with zero attached hydrogens (tertiary/aromatic N) is 1. The predicted octanol–water partition coefficient (Wildman–Crippen LogP) is 4.05. The summed E-state index contributed by atoms with van der Waals surface area (Å²) in [5.41, 5.74) is 2.63. The SMILES string of the molecule is Cl.Cl.FC1C[C@H]2CNCC(C(c3ccccc3)c3ccccc3)N2C1. The quantitative estimate of drug-likeness (QED) is 0.861. The Morgan fingerprint density at radius 1 is 0.880 bits per heavy atom. The van der Waals surface area contributed by atoms with Gasteiger partial charge in [0.2, 0.25) is 0 Å². The highest BCUT2D eigenvalue weighted by Crippen LogP contribution is 2.36. The largest absolute Gasteiger partial charge is 0.314 e. The third-order valence-corrected chi connectivity index (χ3v) is 5.27. The second-order valence-corrected chi connectivity index (χ2v) is 6.71. The Kier molecular flexibility index (Phi) is 7.26. The molecular formula is C20H25Cl2FN2. The molecule has 2 nitrogen and oxygen atoms in total. The van der Waals surface area contributed by atoms with Crippen LogP contribution >= 0.6 is 24.8 Å². The fourth-order valence-electron chi connectivity index (χ4n) is 4.27. The van der Waals surface area contributed by atoms with Gasteiger partial charge in [-0.05, 0) is 17.5 Å². The molecule has 2 aliphatic rings. The van der Waals surface area contributed by atoms with Crippen molar-refractivity contribution in [2.24, 2.45) is 0 Å². The summed E-state index contributed by atoms with van der Waals surface area (Å²) in [6.45, 7) is 2.40. The first-order chi connectivity index (χ1) is 11.3. The van der Waals surface area contributed by atoms with Crippen LogP contribution < -0.4 is 5.32 Å². The van der Waals surface area contributed by atoms with Gasteiger partial charge in [-0.2, -0.15) is 0 Å². The monoisotopic (exact) mass is 382 g/mol. The van der Waals surface area contributed by atoms with Crippen molar-refractivity contribution in [3.63, 3.8) is 0 Å². The van der Waals surface area contributed by atoms with Crippen LogP contribution in [0.2, 0.25) is 0 Å². The minimum atomic E-state index is -0.686. The van der Waals surface area contributed by atoms with Crippen molar-refractivity contribution < 1.29 is 4.39 Å². The van der Waals surface area contributed by atoms with Gasteiger partial charge in [-0.15, -0.1) is 24.8 Å². The van der Waals surface area contributed by atoms with E-state index in [0.29, 0.717) is 25.0 Å². The molecule has 2 heterocycles. The minimum absolute atomic E-state index is 0. The summed E-state index contributed by atoms with van der Waals surface area (Å²) >= 11 is 0. The maximum atomic E-state index is 14.0. The lowest BCUT2D eigenvalue weighted by Crippen LogP contribution is -2.56. The molecule has 5 heteroatoms. The zero-order valence-electron chi connectivity index (χ0n) is 14.1. The molecule has 0 radical (unpaired) electrons. The van der Waals surface area contributed by atoms with Crippen LogP contribution in [0.3, 0.4) is 0 Å². The molecule has 0 aliphatic carbocycles. The van der Waals surface area contributed by atoms with E-state index in [2.05, 4.69) is 70.9 Å². The Bertz CT molecular complexity index is 601. The molecule has 2 aliphatic heterocycles. The number of benzene rings is 2. The summed E-state index contributed by atoms with van der Waals surface area (Å²) < 4.78 is 14.0. The van der Waals surface area contributed by atoms with Gasteiger partial charge in [0.05, 0.1) is 0 Å². The summed E-state index contributed by atoms with van der Waals surface area (Å²) in [6.07, 6.45) is -0.0191. The van der Waals surface area contributed by atoms with E-state index >= 15 is 0 Å². The highest BCUT2D eigenvalue weighted by molar-refractivity contribution is 5.85. The van der Waals surface area contributed by atoms with Gasteiger partial charge in [0.25, 0.3) is 0 Å². The fraction of sp³-hybridized carbons (Fsp3) is 0.400. The van der Waals surface area contributed by atoms with Crippen molar-refractivity contribution in [3.8, 4) is 0 Å². The number of alkyl halides is 1. The molecule has 0 saturated carbocycles. The zero-order chi connectivity index (χ0) is 15.6. The van der Waals surface area contributed by atoms with Crippen molar-refractivity contribution >= 4 is 24.8 Å². The summed E-state index contributed by atoms with van der Waals surface area (Å²) in [4.78, 5) is 2.41. The van der Waals surface area contributed by atoms with E-state index in [4.69, 9.17) is 0 Å². The average molecular weight is 383 g/mol. The minimum Gasteiger partial charge on any atom is -0.314 e. The summed E-state index contributed by atoms with van der Waals surface area (Å²) in [5, 5.41) is 3.54. The van der Waals surface area contributed by atoms with Crippen LogP contribution in [0.1, 0.15) is 23.5 Å². The molecule has 2 saturated heterocycles. The molecule has 2 fully saturated rings. The summed E-state index contributed by atoms with van der Waals surface area (Å²) in [6, 6.07) is 21.9. The molecule has 2 unspecified atom stereocenters. The third kappa shape index (κ3) is 4.17. The predicted molar refractivity (Wildman–Crippen MR) is 106 cm³/mol. The van der Waals surface area contributed by atoms with Crippen LogP contribution in [0.25, 0.3) is 0 Å². The average Bonchev–Trinajstić information content (AvgIpc) is 2.98. The second-order valence-electron chi connectivity index (χ2n) is 6.71. The molecule has 136 valence electrons. The molecule has 1 N–H and O–H groups in total. The van der Waals surface area contributed by atoms with E-state index in [1.54, 1.807) is 0 Å². The van der Waals surface area contributed by atoms with Gasteiger partial charge >= 0.3 is 0 Å². The lowest BCUT2D eigenvalue weighted by Gasteiger charge is -2.42. The lowest BCUT2D eigenvalue weighted by atomic mass is 9.83. The topological polar surface area (TPSA) is 15.3 Å². The standard InChI is InChI=1S/C20H23FN2.2ClH/c21-17-11-18-12-22-13-19(23(18)14-17)20(15-7-3-1-4-8-15)16-9-5-2-6-10-16;;/h1-10,17-20,22H,11-14H2;2*1H/t17?,18-,19?;;/m0../s1. The van der Waals surface area contributed by atoms with E-state index in [-0.39, 0.29) is 30.7 Å². The van der Waals surface area contributed by atoms with Crippen molar-refractivity contribution in [3.05, 3.63) is 71.8 Å². The molecule has 25 heavy (non-hydrogen) atoms. The van der Waals surface area contributed by atoms with E-state index < -0.39 is 6.17 Å². The molecule has 2 aromatic rings. The number of piperazine rings is 1. The summed E-state index contributed by atoms with van der Waals surface area (Å²) in [7, 11) is 0. The van der Waals surface area contributed by atoms with Crippen LogP contribution in [0, 0.1) is 0 Å². The normalized spacial score (nSPS) is 25.8. The van der Waals surface area contributed by atoms with Crippen LogP contribution in [0.15, 0.2) is 60.7 Å². The van der Waals surface area contributed by atoms with E-state index in [1.165, 1.54) is 11.1 Å². The number of rotatable bonds is 3. The third-order valence-electron chi connectivity index (χ3n) is 5.27. The van der Waals surface area contributed by atoms with Crippen LogP contribution in [0.4, 0.5) is 4.39 Å². The van der Waals surface area contributed by atoms with Gasteiger partial charge in [-0.1, -0.05) is 60.7 Å². The first kappa shape index (κ1) is 20.2. The molecule has 0 amide bonds. The van der Waals surface area contributed by atoms with Crippen molar-refractivity contribution in [1.29, 1.82) is 0 Å². The van der Waals surface area contributed by atoms with Gasteiger partial charge in [-0.25, -0.2) is 4.39 Å². The van der Waals surface area contributed by atoms with E-state index in [9.17, 15) is 4.39 Å². The maximum Gasteiger partial charge on any atom is 0.114 e. The Balaban J connectivity index is 0.00000113. The highest BCUT2D eigenvalue weighted by Gasteiger charge is 2.42. The molecule has 0 bridgehead atoms. The van der Waals surface area contributed by atoms with Gasteiger partial charge in [0.15, 0.2) is 0 Å². The Hall–Kier alpha value is -1.13. The van der Waals surface area contributed by atoms with E-state index in [0.717, 1.165) is 13.1 Å². The van der Waals surface area contributed by atoms with Gasteiger partial charge in [-0.3, -0.25) is 4.90 Å². The second kappa shape index (κ2) is 9.00. The maximum absolute atomic E-state index is 14.0. The molecule has 2 aromatic carbocycles. The Morgan fingerprint density at radius 2 is 1.44 bits per heavy atom. The van der Waals surface area contributed by atoms with Crippen LogP contribution in [-0.2, 0) is 0 Å². The molecule has 0 aromatic heterocycles. The first-order valence-electron chi connectivity index (χ1n) is 8.53. The van der Waals surface area contributed by atoms with Gasteiger partial charge in [0.1, 0.15) is 6.17 Å². The fourth-order valence-corrected chi connectivity index (χ4v) is 4.27. The van der Waals surface area contributed by atoms with Crippen molar-refractivity contribution in [2.45, 2.75) is 30.6 Å². The van der Waals surface area contributed by atoms with Crippen molar-refractivity contribution in [1.82, 2.24) is 10.2 Å². The van der Waals surface area contributed by atoms with Gasteiger partial charge in [0, 0.05) is 37.6 Å². The number of nitrogens with one attached hydrogen (secondary N) is 1. The molecule has 4 rings (SSSR count). The molecule has 0 spiro atoms. The lowest BCUT2D eigenvalue weighted by molar-refractivity contribution is 0.121. The highest BCUT2D eigenvalue weighted by atomic mass is 35.5. The van der Waals surface area contributed by atoms with Crippen LogP contribution in [0.5, 0.6) is 0 Å². The van der Waals surface area contributed by atoms with Crippen LogP contribution in [-0.4, -0.2) is 42.8 Å². The van der Waals surface area contributed by atoms with Gasteiger partial charge < -0.3 is 5.32 Å². The number of fused-ring (bicyclic) bond motifs is 1. The first-order valence-corrected chi connectivity index (χ1v) is 8.53. The smallest absolute Gasteiger partial charge is 0.114 e. The van der Waals surface area contributed by atoms with E-state index in [1.807, 2.05) is 0 Å². The number of hydrogen-bond donors (Lipinski definition) is 1. The Morgan fingerprint density at radius 3 is 2.00 bits per heavy atom. The van der Waals surface area contributed by atoms with Crippen molar-refractivity contribution in [2.75, 3.05) is 19.6 Å². The Labute approximate surface area is 161 Å². The summed E-state index contributed by atoms with van der Waals surface area (Å²) in [5.74, 6) is 0.276. The number of halogens is 3. The number of hydrogen-bond acceptors (Lipinski definition) is 2. The molecule has 3 atom stereocenters. The zero-order valence-corrected chi connectivity index (χ0v) is 15.7.